The van der Waals surface area contributed by atoms with Crippen molar-refractivity contribution >= 4 is 45.8 Å². The van der Waals surface area contributed by atoms with Gasteiger partial charge in [-0.15, -0.1) is 0 Å². The van der Waals surface area contributed by atoms with Crippen LogP contribution in [0.5, 0.6) is 0 Å². The molecule has 12 nitrogen and oxygen atoms in total. The van der Waals surface area contributed by atoms with Gasteiger partial charge < -0.3 is 0 Å². The maximum absolute atomic E-state index is 13.7. The lowest BCUT2D eigenvalue weighted by Crippen LogP contribution is -2.44. The number of imide groups is 2. The van der Waals surface area contributed by atoms with E-state index in [0.717, 1.165) is 9.80 Å². The zero-order valence-electron chi connectivity index (χ0n) is 22.1. The fourth-order valence-electron chi connectivity index (χ4n) is 5.66. The van der Waals surface area contributed by atoms with Crippen molar-refractivity contribution in [3.8, 4) is 0 Å². The van der Waals surface area contributed by atoms with E-state index < -0.39 is 45.6 Å². The average molecular weight is 565 g/mol. The predicted octanol–water partition coefficient (Wildman–Crippen LogP) is 5.37. The number of carbonyl (C=O) groups is 4. The van der Waals surface area contributed by atoms with Crippen LogP contribution < -0.4 is 0 Å². The second kappa shape index (κ2) is 9.41. The first-order valence-electron chi connectivity index (χ1n) is 12.9. The molecule has 0 bridgehead atoms. The first-order valence-corrected chi connectivity index (χ1v) is 12.9. The van der Waals surface area contributed by atoms with Gasteiger partial charge in [-0.05, 0) is 49.2 Å². The number of rotatable bonds is 6. The molecule has 42 heavy (non-hydrogen) atoms. The van der Waals surface area contributed by atoms with Crippen LogP contribution in [-0.2, 0) is 0 Å². The highest BCUT2D eigenvalue weighted by Crippen LogP contribution is 2.41. The van der Waals surface area contributed by atoms with Crippen molar-refractivity contribution in [3.05, 3.63) is 126 Å². The standard InChI is InChI=1S/C30H20N4O8/c1-15(17-3-7-19(8-4-17)33(39)40)31-27(35)21-11-13-23-26-24(14-12-22(25(21)26)28(31)36)30(38)32(29(23)37)16(2)18-5-9-20(10-6-18)34(41)42/h3-16H,1-2H3. The van der Waals surface area contributed by atoms with Crippen LogP contribution in [0.25, 0.3) is 10.8 Å². The average Bonchev–Trinajstić information content (AvgIpc) is 2.98. The summed E-state index contributed by atoms with van der Waals surface area (Å²) in [6, 6.07) is 15.4. The monoisotopic (exact) mass is 564 g/mol. The summed E-state index contributed by atoms with van der Waals surface area (Å²) in [5.41, 5.74) is 1.37. The van der Waals surface area contributed by atoms with Crippen molar-refractivity contribution in [2.45, 2.75) is 25.9 Å². The maximum atomic E-state index is 13.7. The van der Waals surface area contributed by atoms with E-state index in [2.05, 4.69) is 0 Å². The molecular formula is C30H20N4O8. The number of hydrogen-bond acceptors (Lipinski definition) is 8. The first-order chi connectivity index (χ1) is 20.0. The quantitative estimate of drug-likeness (QED) is 0.171. The summed E-state index contributed by atoms with van der Waals surface area (Å²) in [5.74, 6) is -2.49. The Kier molecular flexibility index (Phi) is 5.92. The highest BCUT2D eigenvalue weighted by atomic mass is 16.6. The highest BCUT2D eigenvalue weighted by molar-refractivity contribution is 6.33. The molecule has 0 aliphatic carbocycles. The minimum atomic E-state index is -0.762. The van der Waals surface area contributed by atoms with Crippen LogP contribution in [0.4, 0.5) is 11.4 Å². The van der Waals surface area contributed by atoms with Crippen molar-refractivity contribution in [1.82, 2.24) is 9.80 Å². The van der Waals surface area contributed by atoms with Crippen LogP contribution in [0.1, 0.15) is 78.5 Å². The number of nitro benzene ring substituents is 2. The molecule has 208 valence electrons. The molecule has 2 unspecified atom stereocenters. The first kappa shape index (κ1) is 26.4. The smallest absolute Gasteiger partial charge is 0.269 e. The largest absolute Gasteiger partial charge is 0.269 e. The molecule has 4 amide bonds. The molecule has 12 heteroatoms. The van der Waals surface area contributed by atoms with Crippen LogP contribution in [0.15, 0.2) is 72.8 Å². The molecule has 4 aromatic carbocycles. The molecular weight excluding hydrogens is 544 g/mol. The number of hydrogen-bond donors (Lipinski definition) is 0. The normalized spacial score (nSPS) is 15.7. The predicted molar refractivity (Wildman–Crippen MR) is 148 cm³/mol. The summed E-state index contributed by atoms with van der Waals surface area (Å²) in [7, 11) is 0. The van der Waals surface area contributed by atoms with Gasteiger partial charge in [-0.3, -0.25) is 49.2 Å². The number of nitrogens with zero attached hydrogens (tertiary/aromatic N) is 4. The topological polar surface area (TPSA) is 161 Å². The van der Waals surface area contributed by atoms with E-state index >= 15 is 0 Å². The van der Waals surface area contributed by atoms with E-state index in [0.29, 0.717) is 11.1 Å². The molecule has 2 aliphatic rings. The van der Waals surface area contributed by atoms with E-state index in [4.69, 9.17) is 0 Å². The summed E-state index contributed by atoms with van der Waals surface area (Å²) in [5, 5.41) is 22.5. The van der Waals surface area contributed by atoms with Crippen LogP contribution in [-0.4, -0.2) is 43.3 Å². The van der Waals surface area contributed by atoms with Gasteiger partial charge in [0.15, 0.2) is 0 Å². The van der Waals surface area contributed by atoms with Crippen LogP contribution in [0.2, 0.25) is 0 Å². The summed E-state index contributed by atoms with van der Waals surface area (Å²) in [4.78, 5) is 77.9. The maximum Gasteiger partial charge on any atom is 0.269 e. The molecule has 0 spiro atoms. The second-order valence-electron chi connectivity index (χ2n) is 10.1. The van der Waals surface area contributed by atoms with E-state index in [1.165, 1.54) is 72.8 Å². The molecule has 2 atom stereocenters. The lowest BCUT2D eigenvalue weighted by Gasteiger charge is -2.35. The number of carbonyl (C=O) groups excluding carboxylic acids is 4. The van der Waals surface area contributed by atoms with E-state index in [9.17, 15) is 39.4 Å². The minimum absolute atomic E-state index is 0.127. The van der Waals surface area contributed by atoms with E-state index in [1.54, 1.807) is 13.8 Å². The molecule has 0 saturated carbocycles. The molecule has 0 N–H and O–H groups in total. The van der Waals surface area contributed by atoms with Crippen LogP contribution >= 0.6 is 0 Å². The fraction of sp³-hybridized carbons (Fsp3) is 0.133. The third-order valence-corrected chi connectivity index (χ3v) is 7.90. The Morgan fingerprint density at radius 1 is 0.500 bits per heavy atom. The molecule has 6 rings (SSSR count). The SMILES string of the molecule is CC(c1ccc([N+](=O)[O-])cc1)N1C(=O)c2ccc3c4c(ccc(c24)C1=O)C(=O)N(C(C)c1ccc([N+](=O)[O-])cc1)C3=O. The molecule has 2 heterocycles. The van der Waals surface area contributed by atoms with Crippen LogP contribution in [0.3, 0.4) is 0 Å². The zero-order chi connectivity index (χ0) is 30.0. The second-order valence-corrected chi connectivity index (χ2v) is 10.1. The van der Waals surface area contributed by atoms with Crippen molar-refractivity contribution in [1.29, 1.82) is 0 Å². The van der Waals surface area contributed by atoms with Crippen molar-refractivity contribution in [2.75, 3.05) is 0 Å². The van der Waals surface area contributed by atoms with Gasteiger partial charge >= 0.3 is 0 Å². The van der Waals surface area contributed by atoms with Gasteiger partial charge in [-0.1, -0.05) is 24.3 Å². The van der Waals surface area contributed by atoms with Gasteiger partial charge in [0.05, 0.1) is 21.9 Å². The fourth-order valence-corrected chi connectivity index (χ4v) is 5.66. The van der Waals surface area contributed by atoms with Gasteiger partial charge in [-0.25, -0.2) is 0 Å². The zero-order valence-corrected chi connectivity index (χ0v) is 22.1. The molecule has 0 saturated heterocycles. The Balaban J connectivity index is 1.40. The number of amides is 4. The van der Waals surface area contributed by atoms with Crippen molar-refractivity contribution < 1.29 is 29.0 Å². The Bertz CT molecular complexity index is 1690. The Hall–Kier alpha value is -5.78. The molecule has 0 aromatic heterocycles. The summed E-state index contributed by atoms with van der Waals surface area (Å²) in [6.45, 7) is 3.27. The minimum Gasteiger partial charge on any atom is -0.269 e. The molecule has 2 aliphatic heterocycles. The number of benzene rings is 4. The summed E-state index contributed by atoms with van der Waals surface area (Å²) < 4.78 is 0. The van der Waals surface area contributed by atoms with Gasteiger partial charge in [0.2, 0.25) is 0 Å². The van der Waals surface area contributed by atoms with Crippen molar-refractivity contribution in [2.24, 2.45) is 0 Å². The Morgan fingerprint density at radius 3 is 1.00 bits per heavy atom. The van der Waals surface area contributed by atoms with E-state index in [1.807, 2.05) is 0 Å². The third-order valence-electron chi connectivity index (χ3n) is 7.90. The molecule has 0 radical (unpaired) electrons. The molecule has 0 fully saturated rings. The third kappa shape index (κ3) is 3.76. The Labute approximate surface area is 237 Å². The van der Waals surface area contributed by atoms with Gasteiger partial charge in [0, 0.05) is 57.3 Å². The van der Waals surface area contributed by atoms with Gasteiger partial charge in [0.25, 0.3) is 35.0 Å². The van der Waals surface area contributed by atoms with Gasteiger partial charge in [0.1, 0.15) is 0 Å². The van der Waals surface area contributed by atoms with E-state index in [-0.39, 0.29) is 44.4 Å². The molecule has 4 aromatic rings. The summed E-state index contributed by atoms with van der Waals surface area (Å²) >= 11 is 0. The van der Waals surface area contributed by atoms with Gasteiger partial charge in [-0.2, -0.15) is 0 Å². The summed E-state index contributed by atoms with van der Waals surface area (Å²) in [6.07, 6.45) is 0. The number of nitro groups is 2. The lowest BCUT2D eigenvalue weighted by atomic mass is 9.84. The number of non-ortho nitro benzene ring substituents is 2. The van der Waals surface area contributed by atoms with Crippen LogP contribution in [0, 0.1) is 20.2 Å². The lowest BCUT2D eigenvalue weighted by molar-refractivity contribution is -0.385. The van der Waals surface area contributed by atoms with Crippen molar-refractivity contribution in [3.63, 3.8) is 0 Å². The Morgan fingerprint density at radius 2 is 0.762 bits per heavy atom. The highest BCUT2D eigenvalue weighted by Gasteiger charge is 2.42.